The zero-order chi connectivity index (χ0) is 11.7. The Hall–Kier alpha value is -1.68. The van der Waals surface area contributed by atoms with Gasteiger partial charge in [-0.2, -0.15) is 5.10 Å². The number of nitrogens with one attached hydrogen (secondary N) is 1. The van der Waals surface area contributed by atoms with E-state index in [-0.39, 0.29) is 0 Å². The van der Waals surface area contributed by atoms with Crippen LogP contribution in [0.2, 0.25) is 0 Å². The predicted molar refractivity (Wildman–Crippen MR) is 69.2 cm³/mol. The van der Waals surface area contributed by atoms with Crippen LogP contribution in [0.15, 0.2) is 30.5 Å². The summed E-state index contributed by atoms with van der Waals surface area (Å²) < 4.78 is 0. The zero-order valence-corrected chi connectivity index (χ0v) is 9.93. The van der Waals surface area contributed by atoms with Crippen LogP contribution >= 0.6 is 0 Å². The fourth-order valence-electron chi connectivity index (χ4n) is 2.30. The molecule has 4 heteroatoms. The van der Waals surface area contributed by atoms with E-state index in [2.05, 4.69) is 45.5 Å². The van der Waals surface area contributed by atoms with E-state index in [0.29, 0.717) is 6.04 Å². The van der Waals surface area contributed by atoms with Gasteiger partial charge >= 0.3 is 0 Å². The highest BCUT2D eigenvalue weighted by Gasteiger charge is 2.25. The van der Waals surface area contributed by atoms with Crippen molar-refractivity contribution in [2.24, 2.45) is 0 Å². The lowest BCUT2D eigenvalue weighted by molar-refractivity contribution is 0.415. The molecule has 0 radical (unpaired) electrons. The fraction of sp³-hybridized carbons (Fsp3) is 0.385. The third kappa shape index (κ3) is 1.74. The molecule has 4 nitrogen and oxygen atoms in total. The Morgan fingerprint density at radius 3 is 2.88 bits per heavy atom. The van der Waals surface area contributed by atoms with Gasteiger partial charge in [-0.15, -0.1) is 5.10 Å². The van der Waals surface area contributed by atoms with Crippen molar-refractivity contribution in [3.63, 3.8) is 0 Å². The van der Waals surface area contributed by atoms with E-state index in [1.807, 2.05) is 12.3 Å². The summed E-state index contributed by atoms with van der Waals surface area (Å²) in [5, 5.41) is 14.1. The minimum atomic E-state index is 0.556. The minimum absolute atomic E-state index is 0.556. The van der Waals surface area contributed by atoms with Crippen molar-refractivity contribution in [1.29, 1.82) is 0 Å². The Kier molecular flexibility index (Phi) is 2.65. The molecule has 88 valence electrons. The normalized spacial score (nSPS) is 15.8. The molecule has 0 saturated carbocycles. The second-order valence-electron chi connectivity index (χ2n) is 4.35. The molecule has 1 aromatic carbocycles. The number of hydrogen-bond acceptors (Lipinski definition) is 4. The molecule has 1 aliphatic rings. The molecule has 1 N–H and O–H groups in total. The van der Waals surface area contributed by atoms with Crippen LogP contribution in [-0.4, -0.2) is 35.9 Å². The van der Waals surface area contributed by atoms with E-state index >= 15 is 0 Å². The van der Waals surface area contributed by atoms with Crippen LogP contribution in [0.4, 0.5) is 5.82 Å². The van der Waals surface area contributed by atoms with Crippen molar-refractivity contribution in [2.45, 2.75) is 13.0 Å². The Balaban J connectivity index is 2.08. The van der Waals surface area contributed by atoms with Crippen LogP contribution < -0.4 is 10.2 Å². The van der Waals surface area contributed by atoms with Crippen LogP contribution in [0.5, 0.6) is 0 Å². The van der Waals surface area contributed by atoms with Gasteiger partial charge < -0.3 is 10.2 Å². The van der Waals surface area contributed by atoms with E-state index in [4.69, 9.17) is 0 Å². The van der Waals surface area contributed by atoms with Gasteiger partial charge in [-0.1, -0.05) is 24.3 Å². The van der Waals surface area contributed by atoms with Crippen LogP contribution in [-0.2, 0) is 0 Å². The first-order valence-electron chi connectivity index (χ1n) is 6.08. The summed E-state index contributed by atoms with van der Waals surface area (Å²) in [6.45, 7) is 5.22. The Bertz CT molecular complexity index is 516. The van der Waals surface area contributed by atoms with Gasteiger partial charge in [-0.25, -0.2) is 0 Å². The Morgan fingerprint density at radius 1 is 1.35 bits per heavy atom. The molecule has 0 spiro atoms. The molecule has 3 rings (SSSR count). The van der Waals surface area contributed by atoms with Crippen molar-refractivity contribution in [2.75, 3.05) is 24.5 Å². The third-order valence-corrected chi connectivity index (χ3v) is 3.36. The molecule has 1 aliphatic heterocycles. The summed E-state index contributed by atoms with van der Waals surface area (Å²) in [5.41, 5.74) is 0. The van der Waals surface area contributed by atoms with Crippen molar-refractivity contribution in [3.05, 3.63) is 30.5 Å². The maximum Gasteiger partial charge on any atom is 0.159 e. The summed E-state index contributed by atoms with van der Waals surface area (Å²) in [6, 6.07) is 8.85. The summed E-state index contributed by atoms with van der Waals surface area (Å²) >= 11 is 0. The number of hydrogen-bond donors (Lipinski definition) is 1. The average molecular weight is 228 g/mol. The lowest BCUT2D eigenvalue weighted by Gasteiger charge is -2.38. The first-order valence-corrected chi connectivity index (χ1v) is 6.08. The van der Waals surface area contributed by atoms with Crippen molar-refractivity contribution < 1.29 is 0 Å². The molecule has 1 saturated heterocycles. The molecular formula is C13H16N4. The highest BCUT2D eigenvalue weighted by Crippen LogP contribution is 2.25. The molecule has 2 heterocycles. The highest BCUT2D eigenvalue weighted by molar-refractivity contribution is 5.91. The average Bonchev–Trinajstić information content (AvgIpc) is 2.33. The van der Waals surface area contributed by atoms with Crippen molar-refractivity contribution >= 4 is 16.6 Å². The van der Waals surface area contributed by atoms with E-state index in [1.54, 1.807) is 0 Å². The quantitative estimate of drug-likeness (QED) is 0.862. The number of nitrogens with zero attached hydrogens (tertiary/aromatic N) is 3. The molecule has 0 aliphatic carbocycles. The number of fused-ring (bicyclic) bond motifs is 1. The zero-order valence-electron chi connectivity index (χ0n) is 9.93. The first kappa shape index (κ1) is 10.5. The molecule has 1 aromatic heterocycles. The summed E-state index contributed by atoms with van der Waals surface area (Å²) in [4.78, 5) is 2.34. The van der Waals surface area contributed by atoms with Gasteiger partial charge in [0.15, 0.2) is 5.82 Å². The van der Waals surface area contributed by atoms with E-state index in [0.717, 1.165) is 30.8 Å². The molecule has 0 bridgehead atoms. The van der Waals surface area contributed by atoms with Gasteiger partial charge in [-0.05, 0) is 6.92 Å². The topological polar surface area (TPSA) is 41.1 Å². The Labute approximate surface area is 101 Å². The SMILES string of the molecule is CCN(c1nncc2ccccc12)C1CNC1. The van der Waals surface area contributed by atoms with Gasteiger partial charge in [0.2, 0.25) is 0 Å². The first-order chi connectivity index (χ1) is 8.40. The Morgan fingerprint density at radius 2 is 2.18 bits per heavy atom. The van der Waals surface area contributed by atoms with E-state index in [1.165, 1.54) is 5.39 Å². The number of aromatic nitrogens is 2. The minimum Gasteiger partial charge on any atom is -0.349 e. The summed E-state index contributed by atoms with van der Waals surface area (Å²) in [5.74, 6) is 1.01. The number of anilines is 1. The predicted octanol–water partition coefficient (Wildman–Crippen LogP) is 1.43. The van der Waals surface area contributed by atoms with Gasteiger partial charge in [0.1, 0.15) is 0 Å². The molecular weight excluding hydrogens is 212 g/mol. The van der Waals surface area contributed by atoms with Crippen molar-refractivity contribution in [1.82, 2.24) is 15.5 Å². The molecule has 17 heavy (non-hydrogen) atoms. The second kappa shape index (κ2) is 4.30. The van der Waals surface area contributed by atoms with Crippen LogP contribution in [0.25, 0.3) is 10.8 Å². The molecule has 0 amide bonds. The smallest absolute Gasteiger partial charge is 0.159 e. The monoisotopic (exact) mass is 228 g/mol. The summed E-state index contributed by atoms with van der Waals surface area (Å²) in [7, 11) is 0. The van der Waals surface area contributed by atoms with Crippen molar-refractivity contribution in [3.8, 4) is 0 Å². The van der Waals surface area contributed by atoms with Crippen LogP contribution in [0.3, 0.4) is 0 Å². The maximum absolute atomic E-state index is 4.33. The van der Waals surface area contributed by atoms with E-state index in [9.17, 15) is 0 Å². The van der Waals surface area contributed by atoms with Gasteiger partial charge in [0, 0.05) is 30.4 Å². The number of likely N-dealkylation sites (N-methyl/N-ethyl adjacent to an activating group) is 1. The van der Waals surface area contributed by atoms with Crippen LogP contribution in [0.1, 0.15) is 6.92 Å². The second-order valence-corrected chi connectivity index (χ2v) is 4.35. The van der Waals surface area contributed by atoms with Crippen LogP contribution in [0, 0.1) is 0 Å². The number of rotatable bonds is 3. The van der Waals surface area contributed by atoms with Gasteiger partial charge in [0.25, 0.3) is 0 Å². The largest absolute Gasteiger partial charge is 0.349 e. The highest BCUT2D eigenvalue weighted by atomic mass is 15.3. The third-order valence-electron chi connectivity index (χ3n) is 3.36. The lowest BCUT2D eigenvalue weighted by atomic mass is 10.1. The van der Waals surface area contributed by atoms with E-state index < -0.39 is 0 Å². The molecule has 2 aromatic rings. The van der Waals surface area contributed by atoms with Gasteiger partial charge in [-0.3, -0.25) is 0 Å². The molecule has 0 atom stereocenters. The molecule has 0 unspecified atom stereocenters. The molecule has 1 fully saturated rings. The number of benzene rings is 1. The van der Waals surface area contributed by atoms with Gasteiger partial charge in [0.05, 0.1) is 12.2 Å². The maximum atomic E-state index is 4.33. The summed E-state index contributed by atoms with van der Waals surface area (Å²) in [6.07, 6.45) is 1.83. The standard InChI is InChI=1S/C13H16N4/c1-2-17(11-8-14-9-11)13-12-6-4-3-5-10(12)7-15-16-13/h3-7,11,14H,2,8-9H2,1H3. The lowest BCUT2D eigenvalue weighted by Crippen LogP contribution is -2.57. The fourth-order valence-corrected chi connectivity index (χ4v) is 2.30.